The highest BCUT2D eigenvalue weighted by atomic mass is 16.2. The Kier molecular flexibility index (Phi) is 4.09. The number of anilines is 1. The Morgan fingerprint density at radius 2 is 2.00 bits per heavy atom. The third-order valence-corrected chi connectivity index (χ3v) is 4.28. The first-order chi connectivity index (χ1) is 10.7. The van der Waals surface area contributed by atoms with E-state index in [2.05, 4.69) is 16.4 Å². The molecule has 1 aromatic heterocycles. The van der Waals surface area contributed by atoms with Crippen LogP contribution in [0.2, 0.25) is 0 Å². The molecule has 1 fully saturated rings. The van der Waals surface area contributed by atoms with Gasteiger partial charge in [-0.3, -0.25) is 4.79 Å². The number of carbonyl (C=O) groups is 1. The fourth-order valence-corrected chi connectivity index (χ4v) is 3.14. The number of likely N-dealkylation sites (tertiary alicyclic amines) is 1. The number of pyridine rings is 1. The number of carbonyl (C=O) groups excluding carboxylic acids is 1. The van der Waals surface area contributed by atoms with Gasteiger partial charge in [-0.25, -0.2) is 4.98 Å². The van der Waals surface area contributed by atoms with Crippen molar-refractivity contribution < 1.29 is 4.79 Å². The summed E-state index contributed by atoms with van der Waals surface area (Å²) >= 11 is 0. The topological polar surface area (TPSA) is 45.2 Å². The zero-order chi connectivity index (χ0) is 15.5. The summed E-state index contributed by atoms with van der Waals surface area (Å²) in [4.78, 5) is 19.3. The van der Waals surface area contributed by atoms with Crippen molar-refractivity contribution in [2.75, 3.05) is 18.9 Å². The number of benzene rings is 1. The Bertz CT molecular complexity index is 669. The molecule has 0 aliphatic carbocycles. The molecule has 1 atom stereocenters. The predicted octanol–water partition coefficient (Wildman–Crippen LogP) is 3.41. The van der Waals surface area contributed by atoms with Gasteiger partial charge in [0.15, 0.2) is 0 Å². The highest BCUT2D eigenvalue weighted by molar-refractivity contribution is 5.94. The van der Waals surface area contributed by atoms with Gasteiger partial charge in [0.1, 0.15) is 5.82 Å². The molecule has 3 rings (SSSR count). The van der Waals surface area contributed by atoms with E-state index in [1.807, 2.05) is 55.3 Å². The highest BCUT2D eigenvalue weighted by Gasteiger charge is 2.31. The van der Waals surface area contributed by atoms with Crippen LogP contribution in [0.5, 0.6) is 0 Å². The molecule has 22 heavy (non-hydrogen) atoms. The SMILES string of the molecule is CNc1ccc(C2CCCN2C(=O)c2ccccc2)c(C)n1. The summed E-state index contributed by atoms with van der Waals surface area (Å²) < 4.78 is 0. The monoisotopic (exact) mass is 295 g/mol. The van der Waals surface area contributed by atoms with Gasteiger partial charge < -0.3 is 10.2 Å². The van der Waals surface area contributed by atoms with Crippen molar-refractivity contribution in [1.29, 1.82) is 0 Å². The number of aryl methyl sites for hydroxylation is 1. The molecule has 0 bridgehead atoms. The van der Waals surface area contributed by atoms with E-state index in [1.165, 1.54) is 0 Å². The second-order valence-corrected chi connectivity index (χ2v) is 5.64. The lowest BCUT2D eigenvalue weighted by Crippen LogP contribution is -2.31. The van der Waals surface area contributed by atoms with Crippen LogP contribution in [0.25, 0.3) is 0 Å². The Balaban J connectivity index is 1.89. The molecule has 4 nitrogen and oxygen atoms in total. The van der Waals surface area contributed by atoms with Crippen LogP contribution in [0.3, 0.4) is 0 Å². The normalized spacial score (nSPS) is 17.5. The van der Waals surface area contributed by atoms with Gasteiger partial charge in [0.25, 0.3) is 5.91 Å². The first kappa shape index (κ1) is 14.6. The number of hydrogen-bond acceptors (Lipinski definition) is 3. The predicted molar refractivity (Wildman–Crippen MR) is 88.0 cm³/mol. The molecule has 0 saturated carbocycles. The Morgan fingerprint density at radius 1 is 1.23 bits per heavy atom. The van der Waals surface area contributed by atoms with E-state index in [4.69, 9.17) is 0 Å². The van der Waals surface area contributed by atoms with Crippen LogP contribution in [0.4, 0.5) is 5.82 Å². The molecule has 1 saturated heterocycles. The fraction of sp³-hybridized carbons (Fsp3) is 0.333. The zero-order valence-corrected chi connectivity index (χ0v) is 13.0. The summed E-state index contributed by atoms with van der Waals surface area (Å²) in [5.74, 6) is 0.973. The van der Waals surface area contributed by atoms with Gasteiger partial charge in [-0.1, -0.05) is 24.3 Å². The van der Waals surface area contributed by atoms with Gasteiger partial charge in [0, 0.05) is 24.8 Å². The molecular weight excluding hydrogens is 274 g/mol. The molecule has 1 unspecified atom stereocenters. The van der Waals surface area contributed by atoms with Crippen LogP contribution in [-0.4, -0.2) is 29.4 Å². The minimum atomic E-state index is 0.111. The van der Waals surface area contributed by atoms with Crippen LogP contribution in [0.15, 0.2) is 42.5 Å². The van der Waals surface area contributed by atoms with Gasteiger partial charge >= 0.3 is 0 Å². The van der Waals surface area contributed by atoms with E-state index in [9.17, 15) is 4.79 Å². The van der Waals surface area contributed by atoms with Crippen molar-refractivity contribution in [1.82, 2.24) is 9.88 Å². The number of rotatable bonds is 3. The number of hydrogen-bond donors (Lipinski definition) is 1. The summed E-state index contributed by atoms with van der Waals surface area (Å²) in [7, 11) is 1.86. The molecule has 0 radical (unpaired) electrons. The van der Waals surface area contributed by atoms with Crippen LogP contribution in [0.1, 0.15) is 40.5 Å². The molecule has 2 heterocycles. The number of nitrogens with one attached hydrogen (secondary N) is 1. The van der Waals surface area contributed by atoms with Gasteiger partial charge in [0.05, 0.1) is 6.04 Å². The Morgan fingerprint density at radius 3 is 2.68 bits per heavy atom. The van der Waals surface area contributed by atoms with E-state index in [1.54, 1.807) is 0 Å². The van der Waals surface area contributed by atoms with E-state index < -0.39 is 0 Å². The molecule has 1 amide bonds. The van der Waals surface area contributed by atoms with Crippen molar-refractivity contribution in [2.45, 2.75) is 25.8 Å². The molecule has 2 aromatic rings. The lowest BCUT2D eigenvalue weighted by Gasteiger charge is -2.26. The average Bonchev–Trinajstić information content (AvgIpc) is 3.04. The van der Waals surface area contributed by atoms with E-state index >= 15 is 0 Å². The van der Waals surface area contributed by atoms with Gasteiger partial charge in [-0.05, 0) is 43.5 Å². The van der Waals surface area contributed by atoms with Crippen LogP contribution >= 0.6 is 0 Å². The zero-order valence-electron chi connectivity index (χ0n) is 13.0. The maximum Gasteiger partial charge on any atom is 0.254 e. The van der Waals surface area contributed by atoms with Crippen molar-refractivity contribution in [3.8, 4) is 0 Å². The van der Waals surface area contributed by atoms with Crippen LogP contribution in [0, 0.1) is 6.92 Å². The summed E-state index contributed by atoms with van der Waals surface area (Å²) in [5, 5.41) is 3.05. The van der Waals surface area contributed by atoms with Gasteiger partial charge in [-0.2, -0.15) is 0 Å². The summed E-state index contributed by atoms with van der Waals surface area (Å²) in [6.07, 6.45) is 2.04. The number of aromatic nitrogens is 1. The first-order valence-electron chi connectivity index (χ1n) is 7.72. The lowest BCUT2D eigenvalue weighted by atomic mass is 10.0. The van der Waals surface area contributed by atoms with Crippen molar-refractivity contribution >= 4 is 11.7 Å². The average molecular weight is 295 g/mol. The smallest absolute Gasteiger partial charge is 0.254 e. The molecule has 114 valence electrons. The fourth-order valence-electron chi connectivity index (χ4n) is 3.14. The third-order valence-electron chi connectivity index (χ3n) is 4.28. The van der Waals surface area contributed by atoms with Gasteiger partial charge in [0.2, 0.25) is 0 Å². The lowest BCUT2D eigenvalue weighted by molar-refractivity contribution is 0.0735. The first-order valence-corrected chi connectivity index (χ1v) is 7.72. The van der Waals surface area contributed by atoms with Crippen LogP contribution in [-0.2, 0) is 0 Å². The van der Waals surface area contributed by atoms with Crippen molar-refractivity contribution in [3.05, 3.63) is 59.3 Å². The summed E-state index contributed by atoms with van der Waals surface area (Å²) in [6.45, 7) is 2.82. The summed E-state index contributed by atoms with van der Waals surface area (Å²) in [5.41, 5.74) is 2.90. The maximum absolute atomic E-state index is 12.8. The van der Waals surface area contributed by atoms with Gasteiger partial charge in [-0.15, -0.1) is 0 Å². The van der Waals surface area contributed by atoms with E-state index in [-0.39, 0.29) is 11.9 Å². The van der Waals surface area contributed by atoms with E-state index in [0.717, 1.165) is 42.0 Å². The van der Waals surface area contributed by atoms with E-state index in [0.29, 0.717) is 0 Å². The second kappa shape index (κ2) is 6.18. The molecule has 1 aliphatic heterocycles. The Labute approximate surface area is 131 Å². The number of amides is 1. The molecule has 4 heteroatoms. The minimum Gasteiger partial charge on any atom is -0.373 e. The molecular formula is C18H21N3O. The molecule has 1 N–H and O–H groups in total. The molecule has 1 aromatic carbocycles. The maximum atomic E-state index is 12.8. The van der Waals surface area contributed by atoms with Crippen LogP contribution < -0.4 is 5.32 Å². The quantitative estimate of drug-likeness (QED) is 0.944. The largest absolute Gasteiger partial charge is 0.373 e. The summed E-state index contributed by atoms with van der Waals surface area (Å²) in [6, 6.07) is 13.7. The number of nitrogens with zero attached hydrogens (tertiary/aromatic N) is 2. The van der Waals surface area contributed by atoms with Crippen molar-refractivity contribution in [3.63, 3.8) is 0 Å². The highest BCUT2D eigenvalue weighted by Crippen LogP contribution is 2.34. The molecule has 1 aliphatic rings. The second-order valence-electron chi connectivity index (χ2n) is 5.64. The molecule has 0 spiro atoms. The third kappa shape index (κ3) is 2.69. The minimum absolute atomic E-state index is 0.111. The standard InChI is InChI=1S/C18H21N3O/c1-13-15(10-11-17(19-2)20-13)16-9-6-12-21(16)18(22)14-7-4-3-5-8-14/h3-5,7-8,10-11,16H,6,9,12H2,1-2H3,(H,19,20). The Hall–Kier alpha value is -2.36. The van der Waals surface area contributed by atoms with Crippen molar-refractivity contribution in [2.24, 2.45) is 0 Å².